The van der Waals surface area contributed by atoms with E-state index in [1.165, 1.54) is 18.5 Å². The van der Waals surface area contributed by atoms with E-state index < -0.39 is 0 Å². The van der Waals surface area contributed by atoms with E-state index in [2.05, 4.69) is 34.6 Å². The Morgan fingerprint density at radius 1 is 1.29 bits per heavy atom. The Kier molecular flexibility index (Phi) is 4.44. The molecule has 2 fully saturated rings. The molecule has 0 aromatic heterocycles. The molecule has 0 radical (unpaired) electrons. The van der Waals surface area contributed by atoms with Gasteiger partial charge >= 0.3 is 0 Å². The minimum atomic E-state index is 0.132. The van der Waals surface area contributed by atoms with Crippen LogP contribution in [0.25, 0.3) is 0 Å². The predicted molar refractivity (Wildman–Crippen MR) is 86.7 cm³/mol. The lowest BCUT2D eigenvalue weighted by molar-refractivity contribution is -0.120. The minimum absolute atomic E-state index is 0.132. The van der Waals surface area contributed by atoms with Gasteiger partial charge in [-0.25, -0.2) is 0 Å². The quantitative estimate of drug-likeness (QED) is 0.898. The molecular weight excluding hydrogens is 262 g/mol. The number of carbonyl (C=O) groups excluding carboxylic acids is 1. The number of amides is 1. The molecule has 4 heteroatoms. The second-order valence-electron chi connectivity index (χ2n) is 6.28. The second-order valence-corrected chi connectivity index (χ2v) is 6.28. The molecule has 0 saturated carbocycles. The highest BCUT2D eigenvalue weighted by Crippen LogP contribution is 2.29. The van der Waals surface area contributed by atoms with Gasteiger partial charge in [0.05, 0.1) is 11.4 Å². The molecule has 0 aliphatic carbocycles. The first kappa shape index (κ1) is 14.4. The number of benzene rings is 1. The fourth-order valence-corrected chi connectivity index (χ4v) is 3.42. The summed E-state index contributed by atoms with van der Waals surface area (Å²) in [6.45, 7) is 5.28. The maximum Gasteiger partial charge on any atom is 0.227 e. The van der Waals surface area contributed by atoms with Crippen LogP contribution in [-0.2, 0) is 4.79 Å². The molecule has 2 heterocycles. The third-order valence-electron chi connectivity index (χ3n) is 4.60. The lowest BCUT2D eigenvalue weighted by atomic mass is 9.92. The maximum absolute atomic E-state index is 12.5. The van der Waals surface area contributed by atoms with Gasteiger partial charge in [-0.15, -0.1) is 0 Å². The molecule has 1 amide bonds. The monoisotopic (exact) mass is 287 g/mol. The average molecular weight is 287 g/mol. The van der Waals surface area contributed by atoms with Gasteiger partial charge in [0.1, 0.15) is 0 Å². The van der Waals surface area contributed by atoms with Crippen molar-refractivity contribution in [1.29, 1.82) is 0 Å². The normalized spacial score (nSPS) is 25.9. The molecule has 2 N–H and O–H groups in total. The van der Waals surface area contributed by atoms with Gasteiger partial charge < -0.3 is 15.5 Å². The van der Waals surface area contributed by atoms with E-state index in [0.717, 1.165) is 38.2 Å². The molecule has 2 unspecified atom stereocenters. The Bertz CT molecular complexity index is 497. The number of nitrogens with one attached hydrogen (secondary N) is 2. The highest BCUT2D eigenvalue weighted by Gasteiger charge is 2.25. The Labute approximate surface area is 126 Å². The molecule has 1 aromatic carbocycles. The van der Waals surface area contributed by atoms with Crippen LogP contribution in [0.4, 0.5) is 11.4 Å². The predicted octanol–water partition coefficient (Wildman–Crippen LogP) is 2.61. The molecule has 21 heavy (non-hydrogen) atoms. The number of nitrogens with zero attached hydrogens (tertiary/aromatic N) is 1. The number of rotatable bonds is 3. The van der Waals surface area contributed by atoms with E-state index in [-0.39, 0.29) is 11.8 Å². The number of carbonyl (C=O) groups is 1. The van der Waals surface area contributed by atoms with Crippen LogP contribution in [0.15, 0.2) is 24.3 Å². The molecule has 2 atom stereocenters. The smallest absolute Gasteiger partial charge is 0.227 e. The number of hydrogen-bond donors (Lipinski definition) is 2. The standard InChI is InChI=1S/C17H25N3O/c1-13-12-14(8-9-18-13)17(21)19-15-6-2-3-7-16(15)20-10-4-5-11-20/h2-3,6-7,13-14,18H,4-5,8-12H2,1H3,(H,19,21). The Morgan fingerprint density at radius 2 is 2.05 bits per heavy atom. The van der Waals surface area contributed by atoms with Crippen molar-refractivity contribution >= 4 is 17.3 Å². The van der Waals surface area contributed by atoms with Gasteiger partial charge in [0.15, 0.2) is 0 Å². The van der Waals surface area contributed by atoms with E-state index in [1.807, 2.05) is 12.1 Å². The minimum Gasteiger partial charge on any atom is -0.370 e. The van der Waals surface area contributed by atoms with E-state index in [4.69, 9.17) is 0 Å². The summed E-state index contributed by atoms with van der Waals surface area (Å²) in [7, 11) is 0. The maximum atomic E-state index is 12.5. The van der Waals surface area contributed by atoms with Gasteiger partial charge in [-0.2, -0.15) is 0 Å². The van der Waals surface area contributed by atoms with E-state index >= 15 is 0 Å². The van der Waals surface area contributed by atoms with Crippen molar-refractivity contribution in [3.63, 3.8) is 0 Å². The largest absolute Gasteiger partial charge is 0.370 e. The lowest BCUT2D eigenvalue weighted by Gasteiger charge is -2.28. The number of piperidine rings is 1. The summed E-state index contributed by atoms with van der Waals surface area (Å²) in [5.41, 5.74) is 2.14. The number of para-hydroxylation sites is 2. The van der Waals surface area contributed by atoms with Crippen LogP contribution >= 0.6 is 0 Å². The van der Waals surface area contributed by atoms with Crippen molar-refractivity contribution in [3.05, 3.63) is 24.3 Å². The lowest BCUT2D eigenvalue weighted by Crippen LogP contribution is -2.40. The summed E-state index contributed by atoms with van der Waals surface area (Å²) in [4.78, 5) is 14.9. The van der Waals surface area contributed by atoms with Crippen molar-refractivity contribution in [3.8, 4) is 0 Å². The van der Waals surface area contributed by atoms with Crippen molar-refractivity contribution in [2.45, 2.75) is 38.6 Å². The molecule has 114 valence electrons. The highest BCUT2D eigenvalue weighted by molar-refractivity contribution is 5.96. The molecule has 2 aliphatic heterocycles. The summed E-state index contributed by atoms with van der Waals surface area (Å²) < 4.78 is 0. The average Bonchev–Trinajstić information content (AvgIpc) is 3.02. The van der Waals surface area contributed by atoms with Crippen LogP contribution in [0.1, 0.15) is 32.6 Å². The van der Waals surface area contributed by atoms with Gasteiger partial charge in [-0.1, -0.05) is 12.1 Å². The van der Waals surface area contributed by atoms with Crippen molar-refractivity contribution in [2.24, 2.45) is 5.92 Å². The Morgan fingerprint density at radius 3 is 2.81 bits per heavy atom. The van der Waals surface area contributed by atoms with Crippen LogP contribution in [0, 0.1) is 5.92 Å². The second kappa shape index (κ2) is 6.48. The molecule has 3 rings (SSSR count). The van der Waals surface area contributed by atoms with Gasteiger partial charge in [-0.3, -0.25) is 4.79 Å². The van der Waals surface area contributed by atoms with Crippen molar-refractivity contribution in [2.75, 3.05) is 29.9 Å². The van der Waals surface area contributed by atoms with E-state index in [0.29, 0.717) is 6.04 Å². The molecule has 0 spiro atoms. The Hall–Kier alpha value is -1.55. The number of anilines is 2. The summed E-state index contributed by atoms with van der Waals surface area (Å²) in [6.07, 6.45) is 4.35. The zero-order valence-electron chi connectivity index (χ0n) is 12.8. The molecule has 2 aliphatic rings. The molecular formula is C17H25N3O. The molecule has 2 saturated heterocycles. The summed E-state index contributed by atoms with van der Waals surface area (Å²) >= 11 is 0. The molecule has 1 aromatic rings. The van der Waals surface area contributed by atoms with Crippen LogP contribution in [0.2, 0.25) is 0 Å². The van der Waals surface area contributed by atoms with Crippen LogP contribution in [-0.4, -0.2) is 31.6 Å². The fraction of sp³-hybridized carbons (Fsp3) is 0.588. The Balaban J connectivity index is 1.70. The third kappa shape index (κ3) is 3.38. The first-order valence-corrected chi connectivity index (χ1v) is 8.12. The first-order chi connectivity index (χ1) is 10.2. The third-order valence-corrected chi connectivity index (χ3v) is 4.60. The van der Waals surface area contributed by atoms with Gasteiger partial charge in [0.25, 0.3) is 0 Å². The summed E-state index contributed by atoms with van der Waals surface area (Å²) in [6, 6.07) is 8.63. The van der Waals surface area contributed by atoms with Crippen molar-refractivity contribution < 1.29 is 4.79 Å². The first-order valence-electron chi connectivity index (χ1n) is 8.12. The summed E-state index contributed by atoms with van der Waals surface area (Å²) in [5, 5.41) is 6.57. The van der Waals surface area contributed by atoms with E-state index in [1.54, 1.807) is 0 Å². The number of hydrogen-bond acceptors (Lipinski definition) is 3. The molecule has 4 nitrogen and oxygen atoms in total. The van der Waals surface area contributed by atoms with Gasteiger partial charge in [0.2, 0.25) is 5.91 Å². The van der Waals surface area contributed by atoms with E-state index in [9.17, 15) is 4.79 Å². The van der Waals surface area contributed by atoms with Crippen LogP contribution in [0.3, 0.4) is 0 Å². The summed E-state index contributed by atoms with van der Waals surface area (Å²) in [5.74, 6) is 0.308. The highest BCUT2D eigenvalue weighted by atomic mass is 16.1. The fourth-order valence-electron chi connectivity index (χ4n) is 3.42. The van der Waals surface area contributed by atoms with Gasteiger partial charge in [0, 0.05) is 25.0 Å². The van der Waals surface area contributed by atoms with Crippen LogP contribution in [0.5, 0.6) is 0 Å². The van der Waals surface area contributed by atoms with Crippen LogP contribution < -0.4 is 15.5 Å². The van der Waals surface area contributed by atoms with Gasteiger partial charge in [-0.05, 0) is 51.3 Å². The zero-order valence-corrected chi connectivity index (χ0v) is 12.8. The SMILES string of the molecule is CC1CC(C(=O)Nc2ccccc2N2CCCC2)CCN1. The van der Waals surface area contributed by atoms with Crippen molar-refractivity contribution in [1.82, 2.24) is 5.32 Å². The topological polar surface area (TPSA) is 44.4 Å². The molecule has 0 bridgehead atoms. The zero-order chi connectivity index (χ0) is 14.7.